The van der Waals surface area contributed by atoms with Crippen molar-refractivity contribution in [1.29, 1.82) is 0 Å². The fourth-order valence-corrected chi connectivity index (χ4v) is 4.47. The van der Waals surface area contributed by atoms with Crippen LogP contribution >= 0.6 is 0 Å². The third-order valence-corrected chi connectivity index (χ3v) is 6.30. The number of nitrogens with zero attached hydrogens (tertiary/aromatic N) is 4. The van der Waals surface area contributed by atoms with E-state index in [0.717, 1.165) is 75.9 Å². The van der Waals surface area contributed by atoms with Crippen LogP contribution in [0.15, 0.2) is 35.3 Å². The fourth-order valence-electron chi connectivity index (χ4n) is 4.47. The number of hydrogen-bond acceptors (Lipinski definition) is 5. The van der Waals surface area contributed by atoms with Gasteiger partial charge in [-0.15, -0.1) is 0 Å². The molecule has 29 heavy (non-hydrogen) atoms. The SMILES string of the molecule is CN1CCN(c2nc3c(c(=O)[nH]2)CCN(Cc2c[nH]c4ccccc24)CC3)CC1. The van der Waals surface area contributed by atoms with Gasteiger partial charge in [0.25, 0.3) is 5.56 Å². The summed E-state index contributed by atoms with van der Waals surface area (Å²) in [5, 5.41) is 1.28. The highest BCUT2D eigenvalue weighted by Crippen LogP contribution is 2.21. The second-order valence-corrected chi connectivity index (χ2v) is 8.24. The highest BCUT2D eigenvalue weighted by atomic mass is 16.1. The van der Waals surface area contributed by atoms with E-state index in [2.05, 4.69) is 62.2 Å². The Hall–Kier alpha value is -2.64. The highest BCUT2D eigenvalue weighted by molar-refractivity contribution is 5.82. The summed E-state index contributed by atoms with van der Waals surface area (Å²) in [4.78, 5) is 31.0. The zero-order chi connectivity index (χ0) is 19.8. The fraction of sp³-hybridized carbons (Fsp3) is 0.455. The van der Waals surface area contributed by atoms with E-state index in [-0.39, 0.29) is 5.56 Å². The van der Waals surface area contributed by atoms with Gasteiger partial charge in [-0.3, -0.25) is 14.7 Å². The molecule has 0 saturated carbocycles. The summed E-state index contributed by atoms with van der Waals surface area (Å²) >= 11 is 0. The van der Waals surface area contributed by atoms with Gasteiger partial charge in [-0.1, -0.05) is 18.2 Å². The van der Waals surface area contributed by atoms with Gasteiger partial charge in [0.05, 0.1) is 5.69 Å². The monoisotopic (exact) mass is 392 g/mol. The van der Waals surface area contributed by atoms with Gasteiger partial charge in [0, 0.05) is 74.9 Å². The molecule has 4 heterocycles. The number of benzene rings is 1. The van der Waals surface area contributed by atoms with Gasteiger partial charge in [0.1, 0.15) is 0 Å². The average Bonchev–Trinajstić information content (AvgIpc) is 3.02. The third-order valence-electron chi connectivity index (χ3n) is 6.30. The van der Waals surface area contributed by atoms with Crippen LogP contribution in [-0.4, -0.2) is 71.1 Å². The number of piperazine rings is 1. The maximum atomic E-state index is 12.8. The van der Waals surface area contributed by atoms with Gasteiger partial charge in [0.15, 0.2) is 0 Å². The summed E-state index contributed by atoms with van der Waals surface area (Å²) in [7, 11) is 2.13. The molecule has 2 aliphatic heterocycles. The van der Waals surface area contributed by atoms with Crippen molar-refractivity contribution in [2.75, 3.05) is 51.2 Å². The predicted octanol–water partition coefficient (Wildman–Crippen LogP) is 1.60. The van der Waals surface area contributed by atoms with Gasteiger partial charge < -0.3 is 14.8 Å². The molecule has 0 amide bonds. The van der Waals surface area contributed by atoms with Crippen molar-refractivity contribution >= 4 is 16.9 Å². The lowest BCUT2D eigenvalue weighted by Crippen LogP contribution is -2.45. The molecule has 0 unspecified atom stereocenters. The molecule has 7 heteroatoms. The molecule has 0 radical (unpaired) electrons. The highest BCUT2D eigenvalue weighted by Gasteiger charge is 2.22. The van der Waals surface area contributed by atoms with Crippen molar-refractivity contribution in [3.63, 3.8) is 0 Å². The predicted molar refractivity (Wildman–Crippen MR) is 116 cm³/mol. The van der Waals surface area contributed by atoms with E-state index in [1.165, 1.54) is 16.5 Å². The molecule has 7 nitrogen and oxygen atoms in total. The Kier molecular flexibility index (Phi) is 4.85. The topological polar surface area (TPSA) is 71.3 Å². The Balaban J connectivity index is 1.33. The Labute approximate surface area is 170 Å². The van der Waals surface area contributed by atoms with E-state index in [1.54, 1.807) is 0 Å². The molecule has 1 fully saturated rings. The minimum absolute atomic E-state index is 0.0397. The van der Waals surface area contributed by atoms with E-state index in [9.17, 15) is 4.79 Å². The van der Waals surface area contributed by atoms with Crippen LogP contribution in [0, 0.1) is 0 Å². The van der Waals surface area contributed by atoms with Crippen molar-refractivity contribution in [1.82, 2.24) is 24.8 Å². The van der Waals surface area contributed by atoms with Crippen molar-refractivity contribution in [3.05, 3.63) is 57.6 Å². The molecular weight excluding hydrogens is 364 g/mol. The van der Waals surface area contributed by atoms with Crippen molar-refractivity contribution in [2.45, 2.75) is 19.4 Å². The molecule has 2 aliphatic rings. The largest absolute Gasteiger partial charge is 0.361 e. The molecule has 152 valence electrons. The van der Waals surface area contributed by atoms with Crippen LogP contribution in [0.4, 0.5) is 5.95 Å². The maximum absolute atomic E-state index is 12.8. The number of hydrogen-bond donors (Lipinski definition) is 2. The Morgan fingerprint density at radius 1 is 1.03 bits per heavy atom. The number of nitrogens with one attached hydrogen (secondary N) is 2. The minimum atomic E-state index is 0.0397. The van der Waals surface area contributed by atoms with Gasteiger partial charge >= 0.3 is 0 Å². The number of anilines is 1. The first-order valence-electron chi connectivity index (χ1n) is 10.5. The average molecular weight is 393 g/mol. The molecule has 0 aliphatic carbocycles. The van der Waals surface area contributed by atoms with Gasteiger partial charge in [-0.2, -0.15) is 0 Å². The molecule has 0 bridgehead atoms. The Morgan fingerprint density at radius 2 is 1.83 bits per heavy atom. The number of aromatic nitrogens is 3. The van der Waals surface area contributed by atoms with Crippen molar-refractivity contribution in [3.8, 4) is 0 Å². The second kappa shape index (κ2) is 7.65. The van der Waals surface area contributed by atoms with Gasteiger partial charge in [-0.05, 0) is 25.1 Å². The molecule has 0 spiro atoms. The molecule has 2 aromatic heterocycles. The summed E-state index contributed by atoms with van der Waals surface area (Å²) in [6.45, 7) is 6.51. The summed E-state index contributed by atoms with van der Waals surface area (Å²) in [5.41, 5.74) is 4.37. The number of fused-ring (bicyclic) bond motifs is 2. The third kappa shape index (κ3) is 3.68. The first-order chi connectivity index (χ1) is 14.2. The molecule has 1 aromatic carbocycles. The zero-order valence-electron chi connectivity index (χ0n) is 16.9. The van der Waals surface area contributed by atoms with Crippen LogP contribution in [0.1, 0.15) is 16.8 Å². The van der Waals surface area contributed by atoms with Crippen LogP contribution in [0.5, 0.6) is 0 Å². The maximum Gasteiger partial charge on any atom is 0.255 e. The van der Waals surface area contributed by atoms with Gasteiger partial charge in [0.2, 0.25) is 5.95 Å². The first-order valence-corrected chi connectivity index (χ1v) is 10.5. The van der Waals surface area contributed by atoms with E-state index >= 15 is 0 Å². The summed E-state index contributed by atoms with van der Waals surface area (Å²) in [5.74, 6) is 0.743. The van der Waals surface area contributed by atoms with Crippen molar-refractivity contribution in [2.24, 2.45) is 0 Å². The van der Waals surface area contributed by atoms with E-state index in [4.69, 9.17) is 4.98 Å². The van der Waals surface area contributed by atoms with E-state index in [0.29, 0.717) is 0 Å². The lowest BCUT2D eigenvalue weighted by atomic mass is 10.1. The molecule has 3 aromatic rings. The Bertz CT molecular complexity index is 1060. The van der Waals surface area contributed by atoms with Crippen LogP contribution in [-0.2, 0) is 19.4 Å². The molecule has 5 rings (SSSR count). The number of aromatic amines is 2. The van der Waals surface area contributed by atoms with E-state index in [1.807, 2.05) is 0 Å². The van der Waals surface area contributed by atoms with Crippen molar-refractivity contribution < 1.29 is 0 Å². The molecular formula is C22H28N6O. The quantitative estimate of drug-likeness (QED) is 0.709. The Morgan fingerprint density at radius 3 is 2.69 bits per heavy atom. The number of H-pyrrole nitrogens is 2. The normalized spacial score (nSPS) is 18.7. The standard InChI is InChI=1S/C22H28N6O/c1-26-10-12-28(13-11-26)22-24-20-7-9-27(8-6-18(20)21(29)25-22)15-16-14-23-19-5-3-2-4-17(16)19/h2-5,14,23H,6-13,15H2,1H3,(H,24,25,29). The lowest BCUT2D eigenvalue weighted by molar-refractivity contribution is 0.280. The second-order valence-electron chi connectivity index (χ2n) is 8.24. The van der Waals surface area contributed by atoms with E-state index < -0.39 is 0 Å². The van der Waals surface area contributed by atoms with Crippen LogP contribution in [0.3, 0.4) is 0 Å². The number of para-hydroxylation sites is 1. The van der Waals surface area contributed by atoms with Crippen LogP contribution in [0.2, 0.25) is 0 Å². The van der Waals surface area contributed by atoms with Crippen LogP contribution in [0.25, 0.3) is 10.9 Å². The number of likely N-dealkylation sites (N-methyl/N-ethyl adjacent to an activating group) is 1. The molecule has 2 N–H and O–H groups in total. The molecule has 1 saturated heterocycles. The lowest BCUT2D eigenvalue weighted by Gasteiger charge is -2.32. The minimum Gasteiger partial charge on any atom is -0.361 e. The smallest absolute Gasteiger partial charge is 0.255 e. The first kappa shape index (κ1) is 18.4. The molecule has 0 atom stereocenters. The number of rotatable bonds is 3. The summed E-state index contributed by atoms with van der Waals surface area (Å²) in [6, 6.07) is 8.42. The summed E-state index contributed by atoms with van der Waals surface area (Å²) < 4.78 is 0. The summed E-state index contributed by atoms with van der Waals surface area (Å²) in [6.07, 6.45) is 3.69. The van der Waals surface area contributed by atoms with Gasteiger partial charge in [-0.25, -0.2) is 4.98 Å². The zero-order valence-corrected chi connectivity index (χ0v) is 16.9. The van der Waals surface area contributed by atoms with Crippen LogP contribution < -0.4 is 10.5 Å².